The van der Waals surface area contributed by atoms with Crippen LogP contribution in [0.1, 0.15) is 0 Å². The second-order valence-electron chi connectivity index (χ2n) is 3.16. The van der Waals surface area contributed by atoms with Crippen molar-refractivity contribution in [1.82, 2.24) is 0 Å². The third kappa shape index (κ3) is 5.93. The number of hydrogen-bond donors (Lipinski definition) is 0. The molecule has 0 amide bonds. The first-order valence-corrected chi connectivity index (χ1v) is 7.18. The molecule has 0 saturated carbocycles. The van der Waals surface area contributed by atoms with E-state index < -0.39 is 8.07 Å². The van der Waals surface area contributed by atoms with Crippen molar-refractivity contribution in [3.05, 3.63) is 12.7 Å². The van der Waals surface area contributed by atoms with E-state index in [0.29, 0.717) is 0 Å². The summed E-state index contributed by atoms with van der Waals surface area (Å²) in [6.07, 6.45) is 1.65. The maximum Gasteiger partial charge on any atom is 0.129 e. The van der Waals surface area contributed by atoms with Gasteiger partial charge in [0, 0.05) is 0 Å². The van der Waals surface area contributed by atoms with Gasteiger partial charge in [-0.2, -0.15) is 0 Å². The molecule has 0 aliphatic heterocycles. The SMILES string of the molecule is C=CC(Cl)C#C[Si](C)(C)C. The highest BCUT2D eigenvalue weighted by Crippen LogP contribution is 1.99. The smallest absolute Gasteiger partial charge is 0.129 e. The molecule has 10 heavy (non-hydrogen) atoms. The Morgan fingerprint density at radius 3 is 2.30 bits per heavy atom. The predicted molar refractivity (Wildman–Crippen MR) is 51.0 cm³/mol. The number of alkyl halides is 1. The van der Waals surface area contributed by atoms with Gasteiger partial charge in [-0.3, -0.25) is 0 Å². The minimum atomic E-state index is -1.23. The molecule has 56 valence electrons. The summed E-state index contributed by atoms with van der Waals surface area (Å²) in [6.45, 7) is 10.1. The van der Waals surface area contributed by atoms with Gasteiger partial charge in [-0.1, -0.05) is 31.6 Å². The van der Waals surface area contributed by atoms with Crippen LogP contribution in [0.3, 0.4) is 0 Å². The molecule has 0 saturated heterocycles. The second-order valence-corrected chi connectivity index (χ2v) is 8.38. The van der Waals surface area contributed by atoms with Crippen molar-refractivity contribution in [3.63, 3.8) is 0 Å². The third-order valence-corrected chi connectivity index (χ3v) is 1.97. The van der Waals surface area contributed by atoms with E-state index in [1.165, 1.54) is 0 Å². The van der Waals surface area contributed by atoms with Crippen LogP contribution in [0.5, 0.6) is 0 Å². The number of allylic oxidation sites excluding steroid dienone is 1. The summed E-state index contributed by atoms with van der Waals surface area (Å²) in [6, 6.07) is 0. The number of rotatable bonds is 1. The summed E-state index contributed by atoms with van der Waals surface area (Å²) >= 11 is 5.70. The Hall–Kier alpha value is -0.193. The van der Waals surface area contributed by atoms with Crippen LogP contribution < -0.4 is 0 Å². The van der Waals surface area contributed by atoms with Crippen LogP contribution >= 0.6 is 11.6 Å². The minimum absolute atomic E-state index is 0.174. The van der Waals surface area contributed by atoms with Crippen LogP contribution in [0.2, 0.25) is 19.6 Å². The Kier molecular flexibility index (Phi) is 3.78. The van der Waals surface area contributed by atoms with Crippen molar-refractivity contribution in [3.8, 4) is 11.5 Å². The van der Waals surface area contributed by atoms with Crippen LogP contribution in [-0.2, 0) is 0 Å². The summed E-state index contributed by atoms with van der Waals surface area (Å²) < 4.78 is 0. The fraction of sp³-hybridized carbons (Fsp3) is 0.500. The van der Waals surface area contributed by atoms with Gasteiger partial charge in [-0.15, -0.1) is 23.7 Å². The van der Waals surface area contributed by atoms with E-state index in [0.717, 1.165) is 0 Å². The van der Waals surface area contributed by atoms with Gasteiger partial charge in [0.1, 0.15) is 13.5 Å². The summed E-state index contributed by atoms with van der Waals surface area (Å²) in [4.78, 5) is 0. The standard InChI is InChI=1S/C8H13ClSi/c1-5-8(9)6-7-10(2,3)4/h5,8H,1H2,2-4H3. The first-order chi connectivity index (χ1) is 4.45. The fourth-order valence-corrected chi connectivity index (χ4v) is 1.08. The molecule has 0 aromatic heterocycles. The molecule has 1 atom stereocenters. The highest BCUT2D eigenvalue weighted by Gasteiger charge is 2.07. The molecule has 0 aliphatic rings. The van der Waals surface area contributed by atoms with Crippen LogP contribution in [0.15, 0.2) is 12.7 Å². The molecule has 0 heterocycles. The van der Waals surface area contributed by atoms with E-state index in [1.54, 1.807) is 6.08 Å². The van der Waals surface area contributed by atoms with Gasteiger partial charge in [-0.25, -0.2) is 0 Å². The zero-order valence-corrected chi connectivity index (χ0v) is 8.50. The maximum atomic E-state index is 5.70. The Labute approximate surface area is 69.3 Å². The van der Waals surface area contributed by atoms with Crippen molar-refractivity contribution in [2.24, 2.45) is 0 Å². The normalized spacial score (nSPS) is 13.2. The predicted octanol–water partition coefficient (Wildman–Crippen LogP) is 2.66. The van der Waals surface area contributed by atoms with Gasteiger partial charge in [0.2, 0.25) is 0 Å². The molecule has 0 aliphatic carbocycles. The second kappa shape index (κ2) is 3.85. The average molecular weight is 173 g/mol. The molecular weight excluding hydrogens is 160 g/mol. The zero-order chi connectivity index (χ0) is 8.20. The molecule has 0 N–H and O–H groups in total. The van der Waals surface area contributed by atoms with Gasteiger partial charge in [0.15, 0.2) is 0 Å². The fourth-order valence-electron chi connectivity index (χ4n) is 0.344. The quantitative estimate of drug-likeness (QED) is 0.247. The molecule has 0 spiro atoms. The van der Waals surface area contributed by atoms with Crippen LogP contribution in [-0.4, -0.2) is 13.5 Å². The Morgan fingerprint density at radius 1 is 1.50 bits per heavy atom. The lowest BCUT2D eigenvalue weighted by atomic mass is 10.4. The van der Waals surface area contributed by atoms with Crippen LogP contribution in [0.4, 0.5) is 0 Å². The molecule has 0 bridgehead atoms. The van der Waals surface area contributed by atoms with E-state index in [-0.39, 0.29) is 5.38 Å². The number of hydrogen-bond acceptors (Lipinski definition) is 0. The molecule has 0 rings (SSSR count). The minimum Gasteiger partial charge on any atom is -0.130 e. The average Bonchev–Trinajstić information content (AvgIpc) is 1.81. The molecule has 2 heteroatoms. The Morgan fingerprint density at radius 2 is 2.00 bits per heavy atom. The van der Waals surface area contributed by atoms with Crippen molar-refractivity contribution in [2.75, 3.05) is 0 Å². The molecule has 1 unspecified atom stereocenters. The van der Waals surface area contributed by atoms with Gasteiger partial charge in [0.25, 0.3) is 0 Å². The van der Waals surface area contributed by atoms with E-state index in [9.17, 15) is 0 Å². The first kappa shape index (κ1) is 9.81. The lowest BCUT2D eigenvalue weighted by Crippen LogP contribution is -2.16. The van der Waals surface area contributed by atoms with E-state index in [2.05, 4.69) is 37.7 Å². The largest absolute Gasteiger partial charge is 0.130 e. The van der Waals surface area contributed by atoms with Crippen molar-refractivity contribution in [1.29, 1.82) is 0 Å². The molecule has 0 fully saturated rings. The van der Waals surface area contributed by atoms with E-state index in [4.69, 9.17) is 11.6 Å². The summed E-state index contributed by atoms with van der Waals surface area (Å²) in [5.74, 6) is 2.93. The first-order valence-electron chi connectivity index (χ1n) is 3.25. The third-order valence-electron chi connectivity index (χ3n) is 0.792. The van der Waals surface area contributed by atoms with E-state index in [1.807, 2.05) is 0 Å². The zero-order valence-electron chi connectivity index (χ0n) is 6.74. The van der Waals surface area contributed by atoms with Gasteiger partial charge in [-0.05, 0) is 0 Å². The molecular formula is C8H13ClSi. The summed E-state index contributed by atoms with van der Waals surface area (Å²) in [5, 5.41) is -0.174. The van der Waals surface area contributed by atoms with Gasteiger partial charge in [0.05, 0.1) is 0 Å². The van der Waals surface area contributed by atoms with Gasteiger partial charge >= 0.3 is 0 Å². The molecule has 0 aromatic carbocycles. The summed E-state index contributed by atoms with van der Waals surface area (Å²) in [7, 11) is -1.23. The van der Waals surface area contributed by atoms with Gasteiger partial charge < -0.3 is 0 Å². The van der Waals surface area contributed by atoms with E-state index >= 15 is 0 Å². The lowest BCUT2D eigenvalue weighted by Gasteiger charge is -2.03. The number of halogens is 1. The Balaban J connectivity index is 4.03. The van der Waals surface area contributed by atoms with Crippen molar-refractivity contribution < 1.29 is 0 Å². The molecule has 0 radical (unpaired) electrons. The highest BCUT2D eigenvalue weighted by molar-refractivity contribution is 6.83. The lowest BCUT2D eigenvalue weighted by molar-refractivity contribution is 1.49. The molecule has 0 nitrogen and oxygen atoms in total. The summed E-state index contributed by atoms with van der Waals surface area (Å²) in [5.41, 5.74) is 3.16. The van der Waals surface area contributed by atoms with Crippen molar-refractivity contribution >= 4 is 19.7 Å². The monoisotopic (exact) mass is 172 g/mol. The molecule has 0 aromatic rings. The maximum absolute atomic E-state index is 5.70. The topological polar surface area (TPSA) is 0 Å². The Bertz CT molecular complexity index is 168. The van der Waals surface area contributed by atoms with Crippen molar-refractivity contribution in [2.45, 2.75) is 25.0 Å². The van der Waals surface area contributed by atoms with Crippen LogP contribution in [0, 0.1) is 11.5 Å². The highest BCUT2D eigenvalue weighted by atomic mass is 35.5. The van der Waals surface area contributed by atoms with Crippen LogP contribution in [0.25, 0.3) is 0 Å².